The fourth-order valence-electron chi connectivity index (χ4n) is 3.05. The Kier molecular flexibility index (Phi) is 5.32. The summed E-state index contributed by atoms with van der Waals surface area (Å²) in [5, 5.41) is 4.92. The summed E-state index contributed by atoms with van der Waals surface area (Å²) in [6, 6.07) is 17.0. The molecular formula is C22H18N2O2S2. The number of hydrogen-bond acceptors (Lipinski definition) is 4. The molecule has 140 valence electrons. The first kappa shape index (κ1) is 18.5. The van der Waals surface area contributed by atoms with Crippen LogP contribution in [0.2, 0.25) is 0 Å². The molecule has 0 radical (unpaired) electrons. The van der Waals surface area contributed by atoms with E-state index in [1.165, 1.54) is 0 Å². The van der Waals surface area contributed by atoms with E-state index in [0.717, 1.165) is 20.4 Å². The van der Waals surface area contributed by atoms with Crippen LogP contribution in [0.4, 0.5) is 5.69 Å². The van der Waals surface area contributed by atoms with Crippen LogP contribution < -0.4 is 10.2 Å². The Labute approximate surface area is 171 Å². The van der Waals surface area contributed by atoms with Gasteiger partial charge in [-0.05, 0) is 41.8 Å². The number of rotatable bonds is 5. The lowest BCUT2D eigenvalue weighted by Gasteiger charge is -2.22. The molecule has 2 aromatic carbocycles. The first-order chi connectivity index (χ1) is 13.7. The summed E-state index contributed by atoms with van der Waals surface area (Å²) in [6.07, 6.45) is 1.70. The van der Waals surface area contributed by atoms with Gasteiger partial charge in [0, 0.05) is 26.8 Å². The highest BCUT2D eigenvalue weighted by Crippen LogP contribution is 2.41. The lowest BCUT2D eigenvalue weighted by Crippen LogP contribution is -2.31. The molecule has 4 rings (SSSR count). The predicted molar refractivity (Wildman–Crippen MR) is 114 cm³/mol. The third kappa shape index (κ3) is 3.61. The zero-order valence-corrected chi connectivity index (χ0v) is 16.7. The number of carbonyl (C=O) groups excluding carboxylic acids is 2. The number of benzene rings is 2. The number of fused-ring (bicyclic) bond motifs is 2. The molecule has 0 fully saturated rings. The largest absolute Gasteiger partial charge is 0.347 e. The van der Waals surface area contributed by atoms with Crippen molar-refractivity contribution in [2.24, 2.45) is 0 Å². The summed E-state index contributed by atoms with van der Waals surface area (Å²) in [5.74, 6) is -0.244. The number of thiophene rings is 1. The highest BCUT2D eigenvalue weighted by Gasteiger charge is 2.27. The third-order valence-corrected chi connectivity index (χ3v) is 6.43. The molecule has 0 unspecified atom stereocenters. The van der Waals surface area contributed by atoms with Crippen molar-refractivity contribution in [3.05, 3.63) is 88.6 Å². The van der Waals surface area contributed by atoms with Gasteiger partial charge in [0.05, 0.1) is 17.8 Å². The van der Waals surface area contributed by atoms with Gasteiger partial charge in [0.25, 0.3) is 11.8 Å². The van der Waals surface area contributed by atoms with Crippen molar-refractivity contribution in [1.82, 2.24) is 5.32 Å². The molecular weight excluding hydrogens is 388 g/mol. The molecule has 28 heavy (non-hydrogen) atoms. The van der Waals surface area contributed by atoms with Gasteiger partial charge in [-0.3, -0.25) is 9.59 Å². The molecule has 1 aromatic heterocycles. The van der Waals surface area contributed by atoms with Gasteiger partial charge in [-0.25, -0.2) is 0 Å². The monoisotopic (exact) mass is 406 g/mol. The van der Waals surface area contributed by atoms with Crippen LogP contribution in [-0.2, 0) is 6.54 Å². The smallest absolute Gasteiger partial charge is 0.259 e. The number of carbonyl (C=O) groups is 2. The Morgan fingerprint density at radius 2 is 1.96 bits per heavy atom. The average molecular weight is 407 g/mol. The van der Waals surface area contributed by atoms with E-state index >= 15 is 0 Å². The second-order valence-electron chi connectivity index (χ2n) is 6.25. The maximum absolute atomic E-state index is 13.1. The number of nitrogens with zero attached hydrogens (tertiary/aromatic N) is 1. The van der Waals surface area contributed by atoms with Crippen LogP contribution in [0.5, 0.6) is 0 Å². The standard InChI is InChI=1S/C22H18N2O2S2/c1-2-11-24-18-13-15(21(25)23-14-16-6-5-12-27-16)9-10-20(18)28-19-8-4-3-7-17(19)22(24)26/h2-10,12-13H,1,11,14H2,(H,23,25). The number of hydrogen-bond donors (Lipinski definition) is 1. The maximum atomic E-state index is 13.1. The first-order valence-corrected chi connectivity index (χ1v) is 10.5. The zero-order chi connectivity index (χ0) is 19.5. The molecule has 1 aliphatic heterocycles. The topological polar surface area (TPSA) is 49.4 Å². The Morgan fingerprint density at radius 3 is 2.75 bits per heavy atom. The summed E-state index contributed by atoms with van der Waals surface area (Å²) < 4.78 is 0. The molecule has 1 N–H and O–H groups in total. The quantitative estimate of drug-likeness (QED) is 0.608. The minimum atomic E-state index is -0.158. The van der Waals surface area contributed by atoms with Gasteiger partial charge >= 0.3 is 0 Å². The Hall–Kier alpha value is -2.83. The van der Waals surface area contributed by atoms with Gasteiger partial charge in [-0.2, -0.15) is 0 Å². The number of anilines is 1. The molecule has 2 amide bonds. The van der Waals surface area contributed by atoms with Crippen molar-refractivity contribution >= 4 is 40.6 Å². The Morgan fingerprint density at radius 1 is 1.11 bits per heavy atom. The van der Waals surface area contributed by atoms with Crippen LogP contribution in [0.25, 0.3) is 0 Å². The molecule has 6 heteroatoms. The van der Waals surface area contributed by atoms with Crippen molar-refractivity contribution in [2.45, 2.75) is 16.3 Å². The van der Waals surface area contributed by atoms with Gasteiger partial charge in [0.1, 0.15) is 0 Å². The highest BCUT2D eigenvalue weighted by molar-refractivity contribution is 7.99. The van der Waals surface area contributed by atoms with Crippen LogP contribution in [0.1, 0.15) is 25.6 Å². The fourth-order valence-corrected chi connectivity index (χ4v) is 4.76. The molecule has 2 heterocycles. The number of nitrogens with one attached hydrogen (secondary N) is 1. The van der Waals surface area contributed by atoms with E-state index in [1.807, 2.05) is 47.8 Å². The average Bonchev–Trinajstić information content (AvgIpc) is 3.20. The normalized spacial score (nSPS) is 12.7. The van der Waals surface area contributed by atoms with Crippen LogP contribution >= 0.6 is 23.1 Å². The maximum Gasteiger partial charge on any atom is 0.259 e. The van der Waals surface area contributed by atoms with Crippen LogP contribution in [0.15, 0.2) is 82.4 Å². The summed E-state index contributed by atoms with van der Waals surface area (Å²) >= 11 is 3.15. The SMILES string of the molecule is C=CCN1C(=O)c2ccccc2Sc2ccc(C(=O)NCc3cccs3)cc21. The van der Waals surface area contributed by atoms with E-state index in [2.05, 4.69) is 11.9 Å². The number of amides is 2. The molecule has 4 nitrogen and oxygen atoms in total. The van der Waals surface area contributed by atoms with Crippen molar-refractivity contribution < 1.29 is 9.59 Å². The van der Waals surface area contributed by atoms with Crippen LogP contribution in [-0.4, -0.2) is 18.4 Å². The fraction of sp³-hybridized carbons (Fsp3) is 0.0909. The molecule has 3 aromatic rings. The molecule has 0 saturated heterocycles. The van der Waals surface area contributed by atoms with Crippen LogP contribution in [0, 0.1) is 0 Å². The van der Waals surface area contributed by atoms with Crippen molar-refractivity contribution in [2.75, 3.05) is 11.4 Å². The van der Waals surface area contributed by atoms with E-state index in [1.54, 1.807) is 46.2 Å². The Bertz CT molecular complexity index is 1040. The van der Waals surface area contributed by atoms with E-state index in [-0.39, 0.29) is 11.8 Å². The van der Waals surface area contributed by atoms with Crippen LogP contribution in [0.3, 0.4) is 0 Å². The van der Waals surface area contributed by atoms with E-state index in [4.69, 9.17) is 0 Å². The van der Waals surface area contributed by atoms with E-state index in [0.29, 0.717) is 24.2 Å². The molecule has 0 saturated carbocycles. The van der Waals surface area contributed by atoms with E-state index in [9.17, 15) is 9.59 Å². The zero-order valence-electron chi connectivity index (χ0n) is 15.1. The van der Waals surface area contributed by atoms with Gasteiger partial charge in [0.2, 0.25) is 0 Å². The molecule has 0 spiro atoms. The third-order valence-electron chi connectivity index (χ3n) is 4.41. The Balaban J connectivity index is 1.67. The summed E-state index contributed by atoms with van der Waals surface area (Å²) in [7, 11) is 0. The predicted octanol–water partition coefficient (Wildman–Crippen LogP) is 4.98. The van der Waals surface area contributed by atoms with Gasteiger partial charge in [0.15, 0.2) is 0 Å². The molecule has 0 bridgehead atoms. The summed E-state index contributed by atoms with van der Waals surface area (Å²) in [6.45, 7) is 4.65. The second kappa shape index (κ2) is 8.04. The van der Waals surface area contributed by atoms with Gasteiger partial charge in [-0.15, -0.1) is 17.9 Å². The van der Waals surface area contributed by atoms with E-state index < -0.39 is 0 Å². The van der Waals surface area contributed by atoms with Gasteiger partial charge in [-0.1, -0.05) is 36.0 Å². The van der Waals surface area contributed by atoms with Crippen molar-refractivity contribution in [1.29, 1.82) is 0 Å². The second-order valence-corrected chi connectivity index (χ2v) is 8.36. The highest BCUT2D eigenvalue weighted by atomic mass is 32.2. The van der Waals surface area contributed by atoms with Gasteiger partial charge < -0.3 is 10.2 Å². The molecule has 1 aliphatic rings. The molecule has 0 atom stereocenters. The minimum absolute atomic E-state index is 0.0853. The van der Waals surface area contributed by atoms with Crippen molar-refractivity contribution in [3.63, 3.8) is 0 Å². The summed E-state index contributed by atoms with van der Waals surface area (Å²) in [4.78, 5) is 30.4. The minimum Gasteiger partial charge on any atom is -0.347 e. The van der Waals surface area contributed by atoms with Crippen molar-refractivity contribution in [3.8, 4) is 0 Å². The lowest BCUT2D eigenvalue weighted by atomic mass is 10.1. The summed E-state index contributed by atoms with van der Waals surface area (Å²) in [5.41, 5.74) is 1.92. The lowest BCUT2D eigenvalue weighted by molar-refractivity contribution is 0.0948. The first-order valence-electron chi connectivity index (χ1n) is 8.81. The molecule has 0 aliphatic carbocycles.